The molecule has 0 saturated heterocycles. The predicted octanol–water partition coefficient (Wildman–Crippen LogP) is 3.91. The van der Waals surface area contributed by atoms with E-state index in [0.29, 0.717) is 12.2 Å². The molecule has 0 atom stereocenters. The summed E-state index contributed by atoms with van der Waals surface area (Å²) in [5, 5.41) is 2.94. The van der Waals surface area contributed by atoms with Crippen molar-refractivity contribution in [1.82, 2.24) is 5.32 Å². The Balaban J connectivity index is 1.65. The van der Waals surface area contributed by atoms with Crippen molar-refractivity contribution in [3.8, 4) is 0 Å². The van der Waals surface area contributed by atoms with E-state index in [4.69, 9.17) is 4.74 Å². The van der Waals surface area contributed by atoms with Crippen LogP contribution in [-0.2, 0) is 33.7 Å². The van der Waals surface area contributed by atoms with Crippen LogP contribution in [0.2, 0.25) is 0 Å². The maximum Gasteiger partial charge on any atom is 0.253 e. The van der Waals surface area contributed by atoms with Crippen LogP contribution in [0.15, 0.2) is 78.9 Å². The fourth-order valence-corrected chi connectivity index (χ4v) is 3.37. The molecule has 5 nitrogen and oxygen atoms in total. The smallest absolute Gasteiger partial charge is 0.253 e. The molecule has 0 bridgehead atoms. The third-order valence-corrected chi connectivity index (χ3v) is 4.99. The molecule has 0 aromatic heterocycles. The molecular formula is C26H27FN2O3. The van der Waals surface area contributed by atoms with E-state index in [1.807, 2.05) is 54.6 Å². The molecule has 2 amide bonds. The molecule has 0 unspecified atom stereocenters. The van der Waals surface area contributed by atoms with Crippen LogP contribution in [-0.4, -0.2) is 32.1 Å². The highest BCUT2D eigenvalue weighted by Crippen LogP contribution is 2.20. The van der Waals surface area contributed by atoms with Crippen molar-refractivity contribution in [3.05, 3.63) is 101 Å². The summed E-state index contributed by atoms with van der Waals surface area (Å²) in [5.74, 6) is -0.628. The fraction of sp³-hybridized carbons (Fsp3) is 0.231. The van der Waals surface area contributed by atoms with Gasteiger partial charge in [-0.3, -0.25) is 9.59 Å². The van der Waals surface area contributed by atoms with E-state index in [-0.39, 0.29) is 37.2 Å². The van der Waals surface area contributed by atoms with Gasteiger partial charge in [0.25, 0.3) is 5.91 Å². The minimum atomic E-state index is -0.330. The lowest BCUT2D eigenvalue weighted by molar-refractivity contribution is -0.122. The van der Waals surface area contributed by atoms with E-state index in [1.165, 1.54) is 24.8 Å². The van der Waals surface area contributed by atoms with Crippen molar-refractivity contribution in [1.29, 1.82) is 0 Å². The number of rotatable bonds is 10. The monoisotopic (exact) mass is 434 g/mol. The molecule has 3 aromatic rings. The Hall–Kier alpha value is -3.51. The van der Waals surface area contributed by atoms with Crippen molar-refractivity contribution in [2.75, 3.05) is 25.2 Å². The molecule has 0 fully saturated rings. The maximum absolute atomic E-state index is 13.2. The Bertz CT molecular complexity index is 1020. The largest absolute Gasteiger partial charge is 0.375 e. The summed E-state index contributed by atoms with van der Waals surface area (Å²) in [7, 11) is 1.46. The third-order valence-electron chi connectivity index (χ3n) is 4.99. The zero-order valence-corrected chi connectivity index (χ0v) is 18.1. The molecule has 1 N–H and O–H groups in total. The van der Waals surface area contributed by atoms with Gasteiger partial charge in [0, 0.05) is 19.3 Å². The van der Waals surface area contributed by atoms with Gasteiger partial charge in [-0.15, -0.1) is 0 Å². The van der Waals surface area contributed by atoms with Gasteiger partial charge in [0.15, 0.2) is 0 Å². The summed E-state index contributed by atoms with van der Waals surface area (Å²) in [5.41, 5.74) is 3.42. The summed E-state index contributed by atoms with van der Waals surface area (Å²) in [6.45, 7) is 0.756. The number of amides is 2. The Morgan fingerprint density at radius 1 is 0.906 bits per heavy atom. The SMILES string of the molecule is COCC(=O)N(Cc1ccc(F)cc1)c1cccc(CC(=O)NCCc2ccccc2)c1. The van der Waals surface area contributed by atoms with Crippen LogP contribution in [0.1, 0.15) is 16.7 Å². The molecule has 3 rings (SSSR count). The molecule has 3 aromatic carbocycles. The first kappa shape index (κ1) is 23.2. The van der Waals surface area contributed by atoms with Crippen LogP contribution in [0.25, 0.3) is 0 Å². The second-order valence-electron chi connectivity index (χ2n) is 7.47. The average molecular weight is 435 g/mol. The first-order valence-electron chi connectivity index (χ1n) is 10.5. The van der Waals surface area contributed by atoms with E-state index in [2.05, 4.69) is 5.32 Å². The second kappa shape index (κ2) is 11.8. The number of carbonyl (C=O) groups excluding carboxylic acids is 2. The van der Waals surface area contributed by atoms with Crippen molar-refractivity contribution in [2.24, 2.45) is 0 Å². The van der Waals surface area contributed by atoms with Gasteiger partial charge in [-0.2, -0.15) is 0 Å². The molecular weight excluding hydrogens is 407 g/mol. The van der Waals surface area contributed by atoms with E-state index >= 15 is 0 Å². The van der Waals surface area contributed by atoms with Gasteiger partial charge < -0.3 is 15.0 Å². The number of hydrogen-bond acceptors (Lipinski definition) is 3. The Kier molecular flexibility index (Phi) is 8.52. The van der Waals surface area contributed by atoms with Crippen LogP contribution in [0.3, 0.4) is 0 Å². The number of carbonyl (C=O) groups is 2. The first-order valence-corrected chi connectivity index (χ1v) is 10.5. The van der Waals surface area contributed by atoms with Crippen LogP contribution >= 0.6 is 0 Å². The highest BCUT2D eigenvalue weighted by atomic mass is 19.1. The molecule has 32 heavy (non-hydrogen) atoms. The van der Waals surface area contributed by atoms with Gasteiger partial charge in [-0.1, -0.05) is 54.6 Å². The quantitative estimate of drug-likeness (QED) is 0.526. The normalized spacial score (nSPS) is 10.6. The van der Waals surface area contributed by atoms with Crippen molar-refractivity contribution in [2.45, 2.75) is 19.4 Å². The molecule has 166 valence electrons. The van der Waals surface area contributed by atoms with Crippen molar-refractivity contribution in [3.63, 3.8) is 0 Å². The topological polar surface area (TPSA) is 58.6 Å². The van der Waals surface area contributed by atoms with E-state index < -0.39 is 0 Å². The number of benzene rings is 3. The van der Waals surface area contributed by atoms with Crippen molar-refractivity contribution < 1.29 is 18.7 Å². The highest BCUT2D eigenvalue weighted by molar-refractivity contribution is 5.94. The van der Waals surface area contributed by atoms with Crippen LogP contribution < -0.4 is 10.2 Å². The summed E-state index contributed by atoms with van der Waals surface area (Å²) >= 11 is 0. The maximum atomic E-state index is 13.2. The Labute approximate surface area is 187 Å². The Morgan fingerprint density at radius 3 is 2.34 bits per heavy atom. The van der Waals surface area contributed by atoms with Crippen LogP contribution in [0, 0.1) is 5.82 Å². The van der Waals surface area contributed by atoms with Gasteiger partial charge in [0.05, 0.1) is 13.0 Å². The molecule has 0 aliphatic heterocycles. The zero-order chi connectivity index (χ0) is 22.8. The van der Waals surface area contributed by atoms with Gasteiger partial charge in [0.1, 0.15) is 12.4 Å². The van der Waals surface area contributed by atoms with Gasteiger partial charge >= 0.3 is 0 Å². The third kappa shape index (κ3) is 7.03. The molecule has 0 aliphatic carbocycles. The van der Waals surface area contributed by atoms with Gasteiger partial charge in [0.2, 0.25) is 5.91 Å². The molecule has 0 heterocycles. The number of anilines is 1. The molecule has 0 spiro atoms. The Morgan fingerprint density at radius 2 is 1.62 bits per heavy atom. The summed E-state index contributed by atoms with van der Waals surface area (Å²) in [4.78, 5) is 26.6. The number of hydrogen-bond donors (Lipinski definition) is 1. The number of ether oxygens (including phenoxy) is 1. The standard InChI is InChI=1S/C26H27FN2O3/c1-32-19-26(31)29(18-21-10-12-23(27)13-11-21)24-9-5-8-22(16-24)17-25(30)28-15-14-20-6-3-2-4-7-20/h2-13,16H,14-15,17-19H2,1H3,(H,28,30). The van der Waals surface area contributed by atoms with Crippen molar-refractivity contribution >= 4 is 17.5 Å². The fourth-order valence-electron chi connectivity index (χ4n) is 3.37. The van der Waals surface area contributed by atoms with Gasteiger partial charge in [-0.05, 0) is 47.4 Å². The minimum absolute atomic E-state index is 0.0774. The van der Waals surface area contributed by atoms with E-state index in [9.17, 15) is 14.0 Å². The molecule has 0 aliphatic rings. The molecule has 0 radical (unpaired) electrons. The van der Waals surface area contributed by atoms with Crippen LogP contribution in [0.5, 0.6) is 0 Å². The van der Waals surface area contributed by atoms with Crippen LogP contribution in [0.4, 0.5) is 10.1 Å². The number of halogens is 1. The highest BCUT2D eigenvalue weighted by Gasteiger charge is 2.17. The first-order chi connectivity index (χ1) is 15.5. The molecule has 6 heteroatoms. The number of methoxy groups -OCH3 is 1. The lowest BCUT2D eigenvalue weighted by Crippen LogP contribution is -2.33. The lowest BCUT2D eigenvalue weighted by atomic mass is 10.1. The minimum Gasteiger partial charge on any atom is -0.375 e. The number of nitrogens with one attached hydrogen (secondary N) is 1. The van der Waals surface area contributed by atoms with E-state index in [0.717, 1.165) is 17.5 Å². The summed E-state index contributed by atoms with van der Waals surface area (Å²) < 4.78 is 18.3. The van der Waals surface area contributed by atoms with Gasteiger partial charge in [-0.25, -0.2) is 4.39 Å². The zero-order valence-electron chi connectivity index (χ0n) is 18.1. The number of nitrogens with zero attached hydrogens (tertiary/aromatic N) is 1. The summed E-state index contributed by atoms with van der Waals surface area (Å²) in [6.07, 6.45) is 0.981. The second-order valence-corrected chi connectivity index (χ2v) is 7.47. The molecule has 0 saturated carbocycles. The summed E-state index contributed by atoms with van der Waals surface area (Å²) in [6, 6.07) is 23.3. The average Bonchev–Trinajstić information content (AvgIpc) is 2.79. The van der Waals surface area contributed by atoms with E-state index in [1.54, 1.807) is 17.0 Å². The predicted molar refractivity (Wildman–Crippen MR) is 123 cm³/mol. The lowest BCUT2D eigenvalue weighted by Gasteiger charge is -2.23.